The first-order valence-electron chi connectivity index (χ1n) is 5.22. The van der Waals surface area contributed by atoms with E-state index in [-0.39, 0.29) is 30.0 Å². The lowest BCUT2D eigenvalue weighted by molar-refractivity contribution is -0.116. The van der Waals surface area contributed by atoms with Crippen molar-refractivity contribution in [3.05, 3.63) is 46.7 Å². The highest BCUT2D eigenvalue weighted by Crippen LogP contribution is 2.13. The Morgan fingerprint density at radius 1 is 1.39 bits per heavy atom. The van der Waals surface area contributed by atoms with Crippen LogP contribution >= 0.6 is 0 Å². The molecule has 1 aliphatic heterocycles. The molecular formula is C12H10F2N2O2. The van der Waals surface area contributed by atoms with E-state index in [1.165, 1.54) is 6.07 Å². The maximum absolute atomic E-state index is 13.2. The molecule has 0 unspecified atom stereocenters. The average Bonchev–Trinajstić information content (AvgIpc) is 2.64. The highest BCUT2D eigenvalue weighted by Gasteiger charge is 2.20. The van der Waals surface area contributed by atoms with Crippen molar-refractivity contribution in [2.75, 3.05) is 6.54 Å². The van der Waals surface area contributed by atoms with Gasteiger partial charge in [0.15, 0.2) is 0 Å². The van der Waals surface area contributed by atoms with Crippen LogP contribution in [0.1, 0.15) is 5.56 Å². The molecule has 0 radical (unpaired) electrons. The third-order valence-electron chi connectivity index (χ3n) is 2.50. The number of aliphatic imine (C=N–C) groups is 1. The molecule has 0 spiro atoms. The maximum atomic E-state index is 13.2. The number of amides is 1. The number of carbonyl (C=O) groups excluding carboxylic acids is 1. The summed E-state index contributed by atoms with van der Waals surface area (Å²) in [6.45, 7) is -0.184. The summed E-state index contributed by atoms with van der Waals surface area (Å²) in [5.74, 6) is -1.97. The summed E-state index contributed by atoms with van der Waals surface area (Å²) in [6, 6.07) is 3.52. The lowest BCUT2D eigenvalue weighted by Crippen LogP contribution is -2.17. The second-order valence-electron chi connectivity index (χ2n) is 3.71. The fraction of sp³-hybridized carbons (Fsp3) is 0.167. The zero-order chi connectivity index (χ0) is 13.1. The first kappa shape index (κ1) is 12.2. The fourth-order valence-corrected chi connectivity index (χ4v) is 1.53. The minimum absolute atomic E-state index is 0.0201. The van der Waals surface area contributed by atoms with E-state index in [4.69, 9.17) is 0 Å². The van der Waals surface area contributed by atoms with Gasteiger partial charge in [0.1, 0.15) is 17.4 Å². The summed E-state index contributed by atoms with van der Waals surface area (Å²) >= 11 is 0. The number of aliphatic hydroxyl groups is 1. The average molecular weight is 252 g/mol. The molecule has 2 N–H and O–H groups in total. The molecule has 0 saturated carbocycles. The molecule has 1 aromatic carbocycles. The number of aliphatic hydroxyl groups excluding tert-OH is 1. The summed E-state index contributed by atoms with van der Waals surface area (Å²) in [6.07, 6.45) is 1.11. The maximum Gasteiger partial charge on any atom is 0.256 e. The van der Waals surface area contributed by atoms with Crippen molar-refractivity contribution in [2.24, 2.45) is 4.99 Å². The number of nitrogens with zero attached hydrogens (tertiary/aromatic N) is 1. The Balaban J connectivity index is 2.13. The van der Waals surface area contributed by atoms with Crippen molar-refractivity contribution in [2.45, 2.75) is 6.54 Å². The van der Waals surface area contributed by atoms with Gasteiger partial charge in [0.25, 0.3) is 5.91 Å². The molecule has 6 heteroatoms. The monoisotopic (exact) mass is 252 g/mol. The summed E-state index contributed by atoms with van der Waals surface area (Å²) in [4.78, 5) is 15.0. The van der Waals surface area contributed by atoms with Crippen LogP contribution in [-0.2, 0) is 11.3 Å². The molecule has 0 aliphatic carbocycles. The van der Waals surface area contributed by atoms with Crippen LogP contribution in [0.5, 0.6) is 0 Å². The molecule has 4 nitrogen and oxygen atoms in total. The SMILES string of the molecule is O=C1NCC(O)=C1C=NCc1c(F)cccc1F. The predicted octanol–water partition coefficient (Wildman–Crippen LogP) is 1.48. The van der Waals surface area contributed by atoms with Crippen LogP contribution in [0.25, 0.3) is 0 Å². The van der Waals surface area contributed by atoms with Gasteiger partial charge >= 0.3 is 0 Å². The third-order valence-corrected chi connectivity index (χ3v) is 2.50. The van der Waals surface area contributed by atoms with Crippen LogP contribution in [0, 0.1) is 11.6 Å². The number of nitrogens with one attached hydrogen (secondary N) is 1. The first-order chi connectivity index (χ1) is 8.59. The Hall–Kier alpha value is -2.24. The van der Waals surface area contributed by atoms with Crippen molar-refractivity contribution in [1.29, 1.82) is 0 Å². The van der Waals surface area contributed by atoms with Gasteiger partial charge in [-0.25, -0.2) is 8.78 Å². The molecule has 2 rings (SSSR count). The molecule has 1 heterocycles. The Labute approximate surface area is 102 Å². The van der Waals surface area contributed by atoms with Gasteiger partial charge in [-0.3, -0.25) is 9.79 Å². The standard InChI is InChI=1S/C12H10F2N2O2/c13-9-2-1-3-10(14)7(9)4-15-5-8-11(17)6-16-12(8)18/h1-3,5,17H,4,6H2,(H,16,18). The van der Waals surface area contributed by atoms with Gasteiger partial charge in [0.05, 0.1) is 18.7 Å². The molecule has 1 aromatic rings. The summed E-state index contributed by atoms with van der Waals surface area (Å²) < 4.78 is 26.5. The minimum atomic E-state index is -0.693. The number of benzene rings is 1. The van der Waals surface area contributed by atoms with Crippen LogP contribution in [0.15, 0.2) is 34.5 Å². The quantitative estimate of drug-likeness (QED) is 0.800. The van der Waals surface area contributed by atoms with Gasteiger partial charge < -0.3 is 10.4 Å². The van der Waals surface area contributed by atoms with Crippen LogP contribution in [0.3, 0.4) is 0 Å². The number of hydrogen-bond donors (Lipinski definition) is 2. The van der Waals surface area contributed by atoms with Crippen molar-refractivity contribution in [1.82, 2.24) is 5.32 Å². The van der Waals surface area contributed by atoms with E-state index in [1.807, 2.05) is 0 Å². The molecule has 0 aromatic heterocycles. The number of rotatable bonds is 3. The van der Waals surface area contributed by atoms with Crippen molar-refractivity contribution < 1.29 is 18.7 Å². The topological polar surface area (TPSA) is 61.7 Å². The minimum Gasteiger partial charge on any atom is -0.510 e. The van der Waals surface area contributed by atoms with E-state index in [9.17, 15) is 18.7 Å². The molecule has 18 heavy (non-hydrogen) atoms. The van der Waals surface area contributed by atoms with Gasteiger partial charge in [-0.05, 0) is 12.1 Å². The van der Waals surface area contributed by atoms with Gasteiger partial charge in [0.2, 0.25) is 0 Å². The van der Waals surface area contributed by atoms with Gasteiger partial charge in [-0.2, -0.15) is 0 Å². The number of hydrogen-bond acceptors (Lipinski definition) is 3. The predicted molar refractivity (Wildman–Crippen MR) is 61.2 cm³/mol. The van der Waals surface area contributed by atoms with E-state index < -0.39 is 17.5 Å². The zero-order valence-electron chi connectivity index (χ0n) is 9.28. The van der Waals surface area contributed by atoms with Gasteiger partial charge in [-0.1, -0.05) is 6.07 Å². The molecular weight excluding hydrogens is 242 g/mol. The lowest BCUT2D eigenvalue weighted by atomic mass is 10.2. The third kappa shape index (κ3) is 2.37. The Bertz CT molecular complexity index is 533. The second kappa shape index (κ2) is 4.95. The van der Waals surface area contributed by atoms with E-state index in [2.05, 4.69) is 10.3 Å². The molecule has 94 valence electrons. The molecule has 0 saturated heterocycles. The summed E-state index contributed by atoms with van der Waals surface area (Å²) in [5.41, 5.74) is -0.154. The summed E-state index contributed by atoms with van der Waals surface area (Å²) in [7, 11) is 0. The van der Waals surface area contributed by atoms with Crippen LogP contribution < -0.4 is 5.32 Å². The van der Waals surface area contributed by atoms with Crippen molar-refractivity contribution in [3.63, 3.8) is 0 Å². The Morgan fingerprint density at radius 3 is 2.61 bits per heavy atom. The van der Waals surface area contributed by atoms with Crippen LogP contribution in [-0.4, -0.2) is 23.8 Å². The highest BCUT2D eigenvalue weighted by atomic mass is 19.1. The van der Waals surface area contributed by atoms with Gasteiger partial charge in [0, 0.05) is 11.8 Å². The normalized spacial score (nSPS) is 15.6. The van der Waals surface area contributed by atoms with E-state index in [0.717, 1.165) is 18.3 Å². The molecule has 1 amide bonds. The van der Waals surface area contributed by atoms with Crippen molar-refractivity contribution >= 4 is 12.1 Å². The number of carbonyl (C=O) groups is 1. The smallest absolute Gasteiger partial charge is 0.256 e. The Kier molecular flexibility index (Phi) is 3.36. The molecule has 0 fully saturated rings. The van der Waals surface area contributed by atoms with E-state index in [1.54, 1.807) is 0 Å². The fourth-order valence-electron chi connectivity index (χ4n) is 1.53. The first-order valence-corrected chi connectivity index (χ1v) is 5.22. The van der Waals surface area contributed by atoms with Crippen molar-refractivity contribution in [3.8, 4) is 0 Å². The molecule has 1 aliphatic rings. The summed E-state index contributed by atoms with van der Waals surface area (Å²) in [5, 5.41) is 11.7. The van der Waals surface area contributed by atoms with E-state index in [0.29, 0.717) is 0 Å². The lowest BCUT2D eigenvalue weighted by Gasteiger charge is -2.00. The van der Waals surface area contributed by atoms with Crippen LogP contribution in [0.2, 0.25) is 0 Å². The Morgan fingerprint density at radius 2 is 2.06 bits per heavy atom. The zero-order valence-corrected chi connectivity index (χ0v) is 9.28. The largest absolute Gasteiger partial charge is 0.510 e. The van der Waals surface area contributed by atoms with Crippen LogP contribution in [0.4, 0.5) is 8.78 Å². The van der Waals surface area contributed by atoms with E-state index >= 15 is 0 Å². The molecule has 0 bridgehead atoms. The highest BCUT2D eigenvalue weighted by molar-refractivity contribution is 6.14. The van der Waals surface area contributed by atoms with Gasteiger partial charge in [-0.15, -0.1) is 0 Å². The second-order valence-corrected chi connectivity index (χ2v) is 3.71. The molecule has 0 atom stereocenters. The number of halogens is 2.